The van der Waals surface area contributed by atoms with Gasteiger partial charge in [0.15, 0.2) is 5.13 Å². The lowest BCUT2D eigenvalue weighted by Gasteiger charge is -2.19. The van der Waals surface area contributed by atoms with Gasteiger partial charge in [0.2, 0.25) is 0 Å². The molecule has 0 atom stereocenters. The number of carboxylic acid groups (broad SMARTS) is 1. The molecule has 1 fully saturated rings. The van der Waals surface area contributed by atoms with E-state index in [0.29, 0.717) is 24.0 Å². The van der Waals surface area contributed by atoms with E-state index in [1.807, 2.05) is 5.38 Å². The predicted molar refractivity (Wildman–Crippen MR) is 78.8 cm³/mol. The highest BCUT2D eigenvalue weighted by Crippen LogP contribution is 2.29. The maximum atomic E-state index is 11.6. The monoisotopic (exact) mass is 313 g/mol. The second-order valence-electron chi connectivity index (χ2n) is 4.84. The molecule has 0 aliphatic carbocycles. The molecule has 0 unspecified atom stereocenters. The number of thiazole rings is 1. The first-order valence-electron chi connectivity index (χ1n) is 6.95. The predicted octanol–water partition coefficient (Wildman–Crippen LogP) is 2.02. The van der Waals surface area contributed by atoms with Crippen molar-refractivity contribution in [2.75, 3.05) is 25.1 Å². The van der Waals surface area contributed by atoms with Gasteiger partial charge in [-0.25, -0.2) is 9.78 Å². The number of hydrogen-bond acceptors (Lipinski definition) is 5. The molecule has 0 radical (unpaired) electrons. The number of carboxylic acids is 1. The van der Waals surface area contributed by atoms with Crippen LogP contribution in [-0.4, -0.2) is 41.8 Å². The minimum atomic E-state index is -0.863. The Balaban J connectivity index is 1.73. The maximum absolute atomic E-state index is 11.6. The molecule has 2 rings (SSSR count). The van der Waals surface area contributed by atoms with Crippen molar-refractivity contribution in [2.45, 2.75) is 31.6 Å². The number of anilines is 1. The highest BCUT2D eigenvalue weighted by Gasteiger charge is 2.19. The summed E-state index contributed by atoms with van der Waals surface area (Å²) in [6.45, 7) is 1.85. The first kappa shape index (κ1) is 15.7. The van der Waals surface area contributed by atoms with Gasteiger partial charge in [0.05, 0.1) is 5.69 Å². The van der Waals surface area contributed by atoms with E-state index in [9.17, 15) is 9.59 Å². The van der Waals surface area contributed by atoms with Gasteiger partial charge in [0.25, 0.3) is 0 Å². The number of rotatable bonds is 6. The van der Waals surface area contributed by atoms with E-state index in [4.69, 9.17) is 9.84 Å². The van der Waals surface area contributed by atoms with E-state index in [2.05, 4.69) is 15.6 Å². The lowest BCUT2D eigenvalue weighted by Crippen LogP contribution is -2.29. The van der Waals surface area contributed by atoms with Gasteiger partial charge < -0.3 is 15.2 Å². The van der Waals surface area contributed by atoms with Gasteiger partial charge in [-0.2, -0.15) is 0 Å². The van der Waals surface area contributed by atoms with Gasteiger partial charge in [-0.1, -0.05) is 0 Å². The van der Waals surface area contributed by atoms with Crippen molar-refractivity contribution in [1.29, 1.82) is 0 Å². The molecule has 21 heavy (non-hydrogen) atoms. The van der Waals surface area contributed by atoms with Gasteiger partial charge in [0, 0.05) is 37.5 Å². The largest absolute Gasteiger partial charge is 0.481 e. The summed E-state index contributed by atoms with van der Waals surface area (Å²) in [7, 11) is 0. The molecular formula is C13H19N3O4S. The number of nitrogens with zero attached hydrogens (tertiary/aromatic N) is 1. The number of amides is 2. The van der Waals surface area contributed by atoms with Crippen LogP contribution in [0.3, 0.4) is 0 Å². The summed E-state index contributed by atoms with van der Waals surface area (Å²) in [5.74, 6) is -0.456. The van der Waals surface area contributed by atoms with Crippen LogP contribution in [0.15, 0.2) is 5.38 Å². The summed E-state index contributed by atoms with van der Waals surface area (Å²) in [4.78, 5) is 26.4. The van der Waals surface area contributed by atoms with E-state index in [1.165, 1.54) is 11.3 Å². The highest BCUT2D eigenvalue weighted by atomic mass is 32.1. The Morgan fingerprint density at radius 3 is 2.90 bits per heavy atom. The Kier molecular flexibility index (Phi) is 5.94. The van der Waals surface area contributed by atoms with Gasteiger partial charge >= 0.3 is 12.0 Å². The minimum absolute atomic E-state index is 0.0471. The third-order valence-electron chi connectivity index (χ3n) is 3.23. The second kappa shape index (κ2) is 7.94. The number of aromatic nitrogens is 1. The molecule has 1 aliphatic rings. The summed E-state index contributed by atoms with van der Waals surface area (Å²) < 4.78 is 5.32. The van der Waals surface area contributed by atoms with E-state index in [-0.39, 0.29) is 12.5 Å². The van der Waals surface area contributed by atoms with Gasteiger partial charge in [-0.3, -0.25) is 10.1 Å². The fourth-order valence-electron chi connectivity index (χ4n) is 2.11. The molecule has 1 saturated heterocycles. The lowest BCUT2D eigenvalue weighted by molar-refractivity contribution is -0.137. The molecule has 8 heteroatoms. The van der Waals surface area contributed by atoms with E-state index in [0.717, 1.165) is 31.7 Å². The Bertz CT molecular complexity index is 486. The standard InChI is InChI=1S/C13H19N3O4S/c17-11(18)2-1-5-14-12(19)16-13-15-10(8-21-13)9-3-6-20-7-4-9/h8-9H,1-7H2,(H,17,18)(H2,14,15,16,19). The third kappa shape index (κ3) is 5.31. The number of carbonyl (C=O) groups is 2. The molecule has 0 bridgehead atoms. The SMILES string of the molecule is O=C(O)CCCNC(=O)Nc1nc(C2CCOCC2)cs1. The van der Waals surface area contributed by atoms with Crippen molar-refractivity contribution in [3.63, 3.8) is 0 Å². The first-order chi connectivity index (χ1) is 10.1. The number of ether oxygens (including phenoxy) is 1. The van der Waals surface area contributed by atoms with Crippen LogP contribution in [0, 0.1) is 0 Å². The molecule has 1 aromatic heterocycles. The molecule has 116 valence electrons. The van der Waals surface area contributed by atoms with Crippen LogP contribution >= 0.6 is 11.3 Å². The molecule has 3 N–H and O–H groups in total. The zero-order chi connectivity index (χ0) is 15.1. The van der Waals surface area contributed by atoms with E-state index >= 15 is 0 Å². The molecule has 0 aromatic carbocycles. The quantitative estimate of drug-likeness (QED) is 0.698. The van der Waals surface area contributed by atoms with Crippen molar-refractivity contribution in [1.82, 2.24) is 10.3 Å². The van der Waals surface area contributed by atoms with Crippen LogP contribution in [0.25, 0.3) is 0 Å². The van der Waals surface area contributed by atoms with Crippen LogP contribution in [-0.2, 0) is 9.53 Å². The Morgan fingerprint density at radius 1 is 1.43 bits per heavy atom. The lowest BCUT2D eigenvalue weighted by atomic mass is 9.98. The van der Waals surface area contributed by atoms with Crippen molar-refractivity contribution >= 4 is 28.5 Å². The minimum Gasteiger partial charge on any atom is -0.481 e. The summed E-state index contributed by atoms with van der Waals surface area (Å²) in [6, 6.07) is -0.353. The average Bonchev–Trinajstić information content (AvgIpc) is 2.93. The number of carbonyl (C=O) groups excluding carboxylic acids is 1. The Hall–Kier alpha value is -1.67. The summed E-state index contributed by atoms with van der Waals surface area (Å²) in [5, 5.41) is 16.3. The van der Waals surface area contributed by atoms with Crippen molar-refractivity contribution in [3.8, 4) is 0 Å². The smallest absolute Gasteiger partial charge is 0.321 e. The molecule has 2 amide bonds. The van der Waals surface area contributed by atoms with Gasteiger partial charge in [0.1, 0.15) is 0 Å². The van der Waals surface area contributed by atoms with E-state index in [1.54, 1.807) is 0 Å². The van der Waals surface area contributed by atoms with Crippen LogP contribution in [0.5, 0.6) is 0 Å². The number of urea groups is 1. The van der Waals surface area contributed by atoms with Crippen LogP contribution in [0.4, 0.5) is 9.93 Å². The number of hydrogen-bond donors (Lipinski definition) is 3. The normalized spacial score (nSPS) is 15.6. The molecule has 0 spiro atoms. The highest BCUT2D eigenvalue weighted by molar-refractivity contribution is 7.13. The zero-order valence-electron chi connectivity index (χ0n) is 11.6. The fraction of sp³-hybridized carbons (Fsp3) is 0.615. The van der Waals surface area contributed by atoms with Crippen molar-refractivity contribution < 1.29 is 19.4 Å². The molecule has 2 heterocycles. The third-order valence-corrected chi connectivity index (χ3v) is 4.01. The second-order valence-corrected chi connectivity index (χ2v) is 5.70. The zero-order valence-corrected chi connectivity index (χ0v) is 12.4. The van der Waals surface area contributed by atoms with Gasteiger partial charge in [-0.15, -0.1) is 11.3 Å². The topological polar surface area (TPSA) is 101 Å². The molecule has 1 aliphatic heterocycles. The summed E-state index contributed by atoms with van der Waals surface area (Å²) in [5.41, 5.74) is 1.00. The Labute approximate surface area is 126 Å². The molecular weight excluding hydrogens is 294 g/mol. The average molecular weight is 313 g/mol. The summed E-state index contributed by atoms with van der Waals surface area (Å²) in [6.07, 6.45) is 2.38. The molecule has 1 aromatic rings. The first-order valence-corrected chi connectivity index (χ1v) is 7.83. The number of nitrogens with one attached hydrogen (secondary N) is 2. The van der Waals surface area contributed by atoms with E-state index < -0.39 is 5.97 Å². The van der Waals surface area contributed by atoms with Crippen molar-refractivity contribution in [2.24, 2.45) is 0 Å². The molecule has 7 nitrogen and oxygen atoms in total. The van der Waals surface area contributed by atoms with Crippen LogP contribution in [0.1, 0.15) is 37.3 Å². The Morgan fingerprint density at radius 2 is 2.19 bits per heavy atom. The molecule has 0 saturated carbocycles. The van der Waals surface area contributed by atoms with Gasteiger partial charge in [-0.05, 0) is 19.3 Å². The fourth-order valence-corrected chi connectivity index (χ4v) is 2.89. The summed E-state index contributed by atoms with van der Waals surface area (Å²) >= 11 is 1.40. The number of aliphatic carboxylic acids is 1. The maximum Gasteiger partial charge on any atom is 0.321 e. The van der Waals surface area contributed by atoms with Crippen LogP contribution < -0.4 is 10.6 Å². The van der Waals surface area contributed by atoms with Crippen LogP contribution in [0.2, 0.25) is 0 Å². The van der Waals surface area contributed by atoms with Crippen molar-refractivity contribution in [3.05, 3.63) is 11.1 Å².